The Kier molecular flexibility index (Phi) is 6.49. The average molecular weight is 328 g/mol. The third kappa shape index (κ3) is 5.50. The van der Waals surface area contributed by atoms with Crippen molar-refractivity contribution in [3.63, 3.8) is 0 Å². The Balaban J connectivity index is 1.78. The highest BCUT2D eigenvalue weighted by molar-refractivity contribution is 5.92. The largest absolute Gasteiger partial charge is 0.495 e. The molecule has 0 saturated carbocycles. The van der Waals surface area contributed by atoms with Gasteiger partial charge in [0.2, 0.25) is 5.91 Å². The van der Waals surface area contributed by atoms with Crippen LogP contribution in [0.4, 0.5) is 11.4 Å². The van der Waals surface area contributed by atoms with E-state index in [9.17, 15) is 4.79 Å². The second-order valence-corrected chi connectivity index (χ2v) is 5.62. The molecule has 0 bridgehead atoms. The lowest BCUT2D eigenvalue weighted by Crippen LogP contribution is -2.16. The van der Waals surface area contributed by atoms with Gasteiger partial charge in [0.25, 0.3) is 0 Å². The Morgan fingerprint density at radius 1 is 1.08 bits per heavy atom. The summed E-state index contributed by atoms with van der Waals surface area (Å²) in [5.41, 5.74) is 1.64. The number of benzene rings is 2. The van der Waals surface area contributed by atoms with Gasteiger partial charge in [0.15, 0.2) is 0 Å². The van der Waals surface area contributed by atoms with Crippen molar-refractivity contribution in [2.24, 2.45) is 0 Å². The fourth-order valence-electron chi connectivity index (χ4n) is 2.20. The third-order valence-corrected chi connectivity index (χ3v) is 3.29. The van der Waals surface area contributed by atoms with E-state index in [1.807, 2.05) is 62.4 Å². The average Bonchev–Trinajstić information content (AvgIpc) is 2.56. The van der Waals surface area contributed by atoms with Gasteiger partial charge in [0, 0.05) is 18.7 Å². The number of ether oxygens (including phenoxy) is 2. The van der Waals surface area contributed by atoms with Crippen LogP contribution >= 0.6 is 0 Å². The number of amides is 1. The lowest BCUT2D eigenvalue weighted by Gasteiger charge is -2.12. The summed E-state index contributed by atoms with van der Waals surface area (Å²) < 4.78 is 10.8. The van der Waals surface area contributed by atoms with Gasteiger partial charge in [-0.15, -0.1) is 0 Å². The van der Waals surface area contributed by atoms with E-state index in [0.717, 1.165) is 11.4 Å². The minimum absolute atomic E-state index is 0.0632. The van der Waals surface area contributed by atoms with Crippen LogP contribution in [0.15, 0.2) is 48.5 Å². The molecule has 0 saturated heterocycles. The fraction of sp³-hybridized carbons (Fsp3) is 0.316. The van der Waals surface area contributed by atoms with Crippen LogP contribution in [0.25, 0.3) is 0 Å². The van der Waals surface area contributed by atoms with Crippen molar-refractivity contribution >= 4 is 17.3 Å². The minimum Gasteiger partial charge on any atom is -0.495 e. The molecule has 1 amide bonds. The Labute approximate surface area is 143 Å². The van der Waals surface area contributed by atoms with Crippen molar-refractivity contribution in [1.82, 2.24) is 0 Å². The molecule has 0 unspecified atom stereocenters. The molecule has 0 atom stereocenters. The zero-order valence-electron chi connectivity index (χ0n) is 14.3. The topological polar surface area (TPSA) is 59.6 Å². The number of para-hydroxylation sites is 2. The fourth-order valence-corrected chi connectivity index (χ4v) is 2.20. The van der Waals surface area contributed by atoms with Crippen LogP contribution in [0.5, 0.6) is 11.5 Å². The molecule has 24 heavy (non-hydrogen) atoms. The Morgan fingerprint density at radius 2 is 1.79 bits per heavy atom. The highest BCUT2D eigenvalue weighted by Gasteiger charge is 2.06. The number of hydrogen-bond donors (Lipinski definition) is 2. The summed E-state index contributed by atoms with van der Waals surface area (Å²) in [6, 6.07) is 15.1. The Morgan fingerprint density at radius 3 is 2.46 bits per heavy atom. The van der Waals surface area contributed by atoms with Gasteiger partial charge in [-0.25, -0.2) is 0 Å². The smallest absolute Gasteiger partial charge is 0.226 e. The highest BCUT2D eigenvalue weighted by atomic mass is 16.5. The number of rotatable bonds is 8. The molecule has 2 aromatic rings. The summed E-state index contributed by atoms with van der Waals surface area (Å²) in [5, 5.41) is 6.08. The van der Waals surface area contributed by atoms with Gasteiger partial charge in [0.1, 0.15) is 11.5 Å². The number of anilines is 2. The van der Waals surface area contributed by atoms with Crippen LogP contribution < -0.4 is 20.1 Å². The Hall–Kier alpha value is -2.69. The number of hydrogen-bond acceptors (Lipinski definition) is 4. The highest BCUT2D eigenvalue weighted by Crippen LogP contribution is 2.23. The SMILES string of the molecule is COc1ccccc1NC(=O)CCNc1ccc(OC(C)C)cc1. The van der Waals surface area contributed by atoms with E-state index >= 15 is 0 Å². The maximum Gasteiger partial charge on any atom is 0.226 e. The van der Waals surface area contributed by atoms with Crippen LogP contribution in [0.3, 0.4) is 0 Å². The maximum atomic E-state index is 12.0. The lowest BCUT2D eigenvalue weighted by atomic mass is 10.2. The first kappa shape index (κ1) is 17.7. The molecule has 5 nitrogen and oxygen atoms in total. The van der Waals surface area contributed by atoms with Gasteiger partial charge in [-0.3, -0.25) is 4.79 Å². The van der Waals surface area contributed by atoms with Gasteiger partial charge < -0.3 is 20.1 Å². The van der Waals surface area contributed by atoms with Gasteiger partial charge in [0.05, 0.1) is 18.9 Å². The van der Waals surface area contributed by atoms with Crippen molar-refractivity contribution in [3.8, 4) is 11.5 Å². The monoisotopic (exact) mass is 328 g/mol. The van der Waals surface area contributed by atoms with Crippen LogP contribution in [0, 0.1) is 0 Å². The van der Waals surface area contributed by atoms with E-state index in [-0.39, 0.29) is 12.0 Å². The molecule has 0 spiro atoms. The summed E-state index contributed by atoms with van der Waals surface area (Å²) in [7, 11) is 1.58. The summed E-state index contributed by atoms with van der Waals surface area (Å²) in [6.07, 6.45) is 0.518. The van der Waals surface area contributed by atoms with Crippen molar-refractivity contribution in [2.45, 2.75) is 26.4 Å². The number of carbonyl (C=O) groups is 1. The van der Waals surface area contributed by atoms with E-state index in [1.54, 1.807) is 7.11 Å². The molecule has 2 rings (SSSR count). The van der Waals surface area contributed by atoms with Crippen LogP contribution in [0.2, 0.25) is 0 Å². The molecule has 0 aliphatic rings. The summed E-state index contributed by atoms with van der Waals surface area (Å²) in [5.74, 6) is 1.43. The third-order valence-electron chi connectivity index (χ3n) is 3.29. The molecule has 0 aliphatic carbocycles. The molecule has 0 radical (unpaired) electrons. The lowest BCUT2D eigenvalue weighted by molar-refractivity contribution is -0.116. The maximum absolute atomic E-state index is 12.0. The van der Waals surface area contributed by atoms with Crippen molar-refractivity contribution < 1.29 is 14.3 Å². The van der Waals surface area contributed by atoms with Crippen molar-refractivity contribution in [3.05, 3.63) is 48.5 Å². The van der Waals surface area contributed by atoms with E-state index in [2.05, 4.69) is 10.6 Å². The number of carbonyl (C=O) groups excluding carboxylic acids is 1. The molecular weight excluding hydrogens is 304 g/mol. The molecule has 0 heterocycles. The summed E-state index contributed by atoms with van der Waals surface area (Å²) in [4.78, 5) is 12.0. The zero-order valence-corrected chi connectivity index (χ0v) is 14.3. The molecule has 2 aromatic carbocycles. The van der Waals surface area contributed by atoms with E-state index < -0.39 is 0 Å². The molecule has 0 fully saturated rings. The standard InChI is InChI=1S/C19H24N2O3/c1-14(2)24-16-10-8-15(9-11-16)20-13-12-19(22)21-17-6-4-5-7-18(17)23-3/h4-11,14,20H,12-13H2,1-3H3,(H,21,22). The molecule has 0 aliphatic heterocycles. The van der Waals surface area contributed by atoms with Gasteiger partial charge in [-0.2, -0.15) is 0 Å². The first-order valence-electron chi connectivity index (χ1n) is 8.02. The predicted molar refractivity (Wildman–Crippen MR) is 96.9 cm³/mol. The first-order chi connectivity index (χ1) is 11.6. The number of methoxy groups -OCH3 is 1. The van der Waals surface area contributed by atoms with Crippen molar-refractivity contribution in [1.29, 1.82) is 0 Å². The molecule has 5 heteroatoms. The number of nitrogens with one attached hydrogen (secondary N) is 2. The molecule has 2 N–H and O–H groups in total. The van der Waals surface area contributed by atoms with Crippen molar-refractivity contribution in [2.75, 3.05) is 24.3 Å². The molecular formula is C19H24N2O3. The molecule has 0 aromatic heterocycles. The quantitative estimate of drug-likeness (QED) is 0.771. The zero-order chi connectivity index (χ0) is 17.4. The van der Waals surface area contributed by atoms with Gasteiger partial charge in [-0.1, -0.05) is 12.1 Å². The normalized spacial score (nSPS) is 10.3. The van der Waals surface area contributed by atoms with Gasteiger partial charge >= 0.3 is 0 Å². The summed E-state index contributed by atoms with van der Waals surface area (Å²) >= 11 is 0. The molecule has 128 valence electrons. The van der Waals surface area contributed by atoms with E-state index in [1.165, 1.54) is 0 Å². The predicted octanol–water partition coefficient (Wildman–Crippen LogP) is 3.92. The van der Waals surface area contributed by atoms with E-state index in [4.69, 9.17) is 9.47 Å². The van der Waals surface area contributed by atoms with E-state index in [0.29, 0.717) is 24.4 Å². The summed E-state index contributed by atoms with van der Waals surface area (Å²) in [6.45, 7) is 4.53. The van der Waals surface area contributed by atoms with Crippen LogP contribution in [-0.2, 0) is 4.79 Å². The van der Waals surface area contributed by atoms with Gasteiger partial charge in [-0.05, 0) is 50.2 Å². The second-order valence-electron chi connectivity index (χ2n) is 5.62. The minimum atomic E-state index is -0.0632. The Bertz CT molecular complexity index is 654. The van der Waals surface area contributed by atoms with Crippen LogP contribution in [0.1, 0.15) is 20.3 Å². The first-order valence-corrected chi connectivity index (χ1v) is 8.02. The van der Waals surface area contributed by atoms with Crippen LogP contribution in [-0.4, -0.2) is 25.7 Å². The second kappa shape index (κ2) is 8.82.